The van der Waals surface area contributed by atoms with Gasteiger partial charge in [0.15, 0.2) is 0 Å². The van der Waals surface area contributed by atoms with E-state index in [-0.39, 0.29) is 0 Å². The molecule has 0 radical (unpaired) electrons. The highest BCUT2D eigenvalue weighted by atomic mass is 127. The van der Waals surface area contributed by atoms with E-state index in [0.29, 0.717) is 16.5 Å². The topological polar surface area (TPSA) is 33.1 Å². The van der Waals surface area contributed by atoms with Crippen LogP contribution in [0.1, 0.15) is 17.2 Å². The van der Waals surface area contributed by atoms with Crippen LogP contribution in [0.5, 0.6) is 0 Å². The smallest absolute Gasteiger partial charge is 0.0831 e. The predicted molar refractivity (Wildman–Crippen MR) is 82.1 cm³/mol. The van der Waals surface area contributed by atoms with Gasteiger partial charge in [-0.15, -0.1) is 0 Å². The van der Waals surface area contributed by atoms with Crippen molar-refractivity contribution in [1.82, 2.24) is 4.98 Å². The van der Waals surface area contributed by atoms with Crippen LogP contribution < -0.4 is 0 Å². The van der Waals surface area contributed by atoms with Crippen molar-refractivity contribution >= 4 is 45.8 Å². The Bertz CT molecular complexity index is 562. The standard InChI is InChI=1S/C13H10Cl2INO/c14-10-5-9(1-2-12(10)16)13(18)6-8-3-4-17-7-11(8)15/h1-5,7,13,18H,6H2. The zero-order chi connectivity index (χ0) is 13.1. The summed E-state index contributed by atoms with van der Waals surface area (Å²) in [6.07, 6.45) is 3.05. The average Bonchev–Trinajstić information content (AvgIpc) is 2.35. The molecule has 0 amide bonds. The average molecular weight is 394 g/mol. The molecular weight excluding hydrogens is 384 g/mol. The van der Waals surface area contributed by atoms with Crippen molar-refractivity contribution in [1.29, 1.82) is 0 Å². The van der Waals surface area contributed by atoms with Crippen molar-refractivity contribution in [2.45, 2.75) is 12.5 Å². The summed E-state index contributed by atoms with van der Waals surface area (Å²) in [6, 6.07) is 7.34. The molecule has 0 bridgehead atoms. The number of nitrogens with zero attached hydrogens (tertiary/aromatic N) is 1. The molecule has 2 aromatic rings. The van der Waals surface area contributed by atoms with Gasteiger partial charge in [0.25, 0.3) is 0 Å². The summed E-state index contributed by atoms with van der Waals surface area (Å²) in [5, 5.41) is 11.4. The summed E-state index contributed by atoms with van der Waals surface area (Å²) in [5.74, 6) is 0. The zero-order valence-electron chi connectivity index (χ0n) is 9.28. The molecule has 0 saturated heterocycles. The van der Waals surface area contributed by atoms with Gasteiger partial charge in [0.1, 0.15) is 0 Å². The molecule has 0 aliphatic carbocycles. The molecule has 18 heavy (non-hydrogen) atoms. The fourth-order valence-electron chi connectivity index (χ4n) is 1.62. The maximum atomic E-state index is 10.2. The van der Waals surface area contributed by atoms with Gasteiger partial charge in [-0.05, 0) is 51.9 Å². The maximum Gasteiger partial charge on any atom is 0.0831 e. The summed E-state index contributed by atoms with van der Waals surface area (Å²) < 4.78 is 0.965. The number of rotatable bonds is 3. The number of hydrogen-bond acceptors (Lipinski definition) is 2. The summed E-state index contributed by atoms with van der Waals surface area (Å²) in [5.41, 5.74) is 1.65. The van der Waals surface area contributed by atoms with Crippen LogP contribution in [0.15, 0.2) is 36.7 Å². The molecular formula is C13H10Cl2INO. The van der Waals surface area contributed by atoms with Crippen LogP contribution in [-0.4, -0.2) is 10.1 Å². The molecule has 0 aliphatic heterocycles. The highest BCUT2D eigenvalue weighted by molar-refractivity contribution is 14.1. The molecule has 1 N–H and O–H groups in total. The van der Waals surface area contributed by atoms with Crippen LogP contribution in [0, 0.1) is 3.57 Å². The van der Waals surface area contributed by atoms with E-state index in [4.69, 9.17) is 23.2 Å². The van der Waals surface area contributed by atoms with Crippen LogP contribution in [0.4, 0.5) is 0 Å². The molecule has 2 nitrogen and oxygen atoms in total. The Morgan fingerprint density at radius 2 is 2.00 bits per heavy atom. The highest BCUT2D eigenvalue weighted by Crippen LogP contribution is 2.26. The van der Waals surface area contributed by atoms with Crippen LogP contribution in [0.3, 0.4) is 0 Å². The zero-order valence-corrected chi connectivity index (χ0v) is 12.9. The van der Waals surface area contributed by atoms with Crippen molar-refractivity contribution in [2.24, 2.45) is 0 Å². The van der Waals surface area contributed by atoms with Gasteiger partial charge < -0.3 is 5.11 Å². The Balaban J connectivity index is 2.19. The Morgan fingerprint density at radius 1 is 1.22 bits per heavy atom. The number of aliphatic hydroxyl groups excluding tert-OH is 1. The van der Waals surface area contributed by atoms with E-state index in [1.807, 2.05) is 12.1 Å². The fourth-order valence-corrected chi connectivity index (χ4v) is 2.34. The van der Waals surface area contributed by atoms with Crippen LogP contribution >= 0.6 is 45.8 Å². The molecule has 0 fully saturated rings. The van der Waals surface area contributed by atoms with E-state index in [1.165, 1.54) is 0 Å². The minimum atomic E-state index is -0.626. The van der Waals surface area contributed by atoms with Crippen LogP contribution in [0.25, 0.3) is 0 Å². The Morgan fingerprint density at radius 3 is 2.67 bits per heavy atom. The summed E-state index contributed by atoms with van der Waals surface area (Å²) >= 11 is 14.2. The lowest BCUT2D eigenvalue weighted by Crippen LogP contribution is -2.02. The lowest BCUT2D eigenvalue weighted by atomic mass is 10.0. The first kappa shape index (κ1) is 14.1. The number of hydrogen-bond donors (Lipinski definition) is 1. The van der Waals surface area contributed by atoms with Crippen molar-refractivity contribution in [2.75, 3.05) is 0 Å². The van der Waals surface area contributed by atoms with E-state index >= 15 is 0 Å². The minimum absolute atomic E-state index is 0.443. The van der Waals surface area contributed by atoms with Crippen molar-refractivity contribution in [3.8, 4) is 0 Å². The number of pyridine rings is 1. The van der Waals surface area contributed by atoms with Crippen molar-refractivity contribution in [3.05, 3.63) is 61.4 Å². The Labute approximate surface area is 129 Å². The second-order valence-corrected chi connectivity index (χ2v) is 5.84. The Kier molecular flexibility index (Phi) is 4.84. The summed E-state index contributed by atoms with van der Waals surface area (Å²) in [7, 11) is 0. The molecule has 1 heterocycles. The lowest BCUT2D eigenvalue weighted by molar-refractivity contribution is 0.178. The van der Waals surface area contributed by atoms with E-state index in [9.17, 15) is 5.11 Å². The predicted octanol–water partition coefficient (Wildman–Crippen LogP) is 4.27. The first-order chi connectivity index (χ1) is 8.58. The normalized spacial score (nSPS) is 12.4. The maximum absolute atomic E-state index is 10.2. The number of aliphatic hydroxyl groups is 1. The van der Waals surface area contributed by atoms with Crippen molar-refractivity contribution in [3.63, 3.8) is 0 Å². The van der Waals surface area contributed by atoms with Gasteiger partial charge in [0.05, 0.1) is 16.1 Å². The van der Waals surface area contributed by atoms with Gasteiger partial charge in [-0.25, -0.2) is 0 Å². The third-order valence-corrected chi connectivity index (χ3v) is 4.51. The monoisotopic (exact) mass is 393 g/mol. The van der Waals surface area contributed by atoms with Gasteiger partial charge in [0.2, 0.25) is 0 Å². The Hall–Kier alpha value is -0.360. The largest absolute Gasteiger partial charge is 0.388 e. The van der Waals surface area contributed by atoms with Crippen molar-refractivity contribution < 1.29 is 5.11 Å². The fraction of sp³-hybridized carbons (Fsp3) is 0.154. The van der Waals surface area contributed by atoms with Gasteiger partial charge >= 0.3 is 0 Å². The molecule has 1 aromatic heterocycles. The molecule has 1 atom stereocenters. The number of halogens is 3. The van der Waals surface area contributed by atoms with Gasteiger partial charge in [-0.1, -0.05) is 29.3 Å². The van der Waals surface area contributed by atoms with E-state index in [1.54, 1.807) is 24.5 Å². The molecule has 0 spiro atoms. The molecule has 2 rings (SSSR count). The van der Waals surface area contributed by atoms with E-state index < -0.39 is 6.10 Å². The summed E-state index contributed by atoms with van der Waals surface area (Å²) in [6.45, 7) is 0. The van der Waals surface area contributed by atoms with Gasteiger partial charge in [-0.2, -0.15) is 0 Å². The number of aromatic nitrogens is 1. The first-order valence-corrected chi connectivity index (χ1v) is 7.13. The van der Waals surface area contributed by atoms with Crippen LogP contribution in [-0.2, 0) is 6.42 Å². The lowest BCUT2D eigenvalue weighted by Gasteiger charge is -2.12. The van der Waals surface area contributed by atoms with E-state index in [0.717, 1.165) is 14.7 Å². The first-order valence-electron chi connectivity index (χ1n) is 5.29. The second-order valence-electron chi connectivity index (χ2n) is 3.86. The number of benzene rings is 1. The summed E-state index contributed by atoms with van der Waals surface area (Å²) in [4.78, 5) is 3.91. The molecule has 1 aromatic carbocycles. The molecule has 1 unspecified atom stereocenters. The van der Waals surface area contributed by atoms with Gasteiger partial charge in [0, 0.05) is 22.4 Å². The second kappa shape index (κ2) is 6.19. The molecule has 5 heteroatoms. The SMILES string of the molecule is OC(Cc1ccncc1Cl)c1ccc(I)c(Cl)c1. The van der Waals surface area contributed by atoms with E-state index in [2.05, 4.69) is 27.6 Å². The molecule has 94 valence electrons. The third kappa shape index (κ3) is 3.35. The quantitative estimate of drug-likeness (QED) is 0.790. The molecule has 0 saturated carbocycles. The third-order valence-electron chi connectivity index (χ3n) is 2.60. The van der Waals surface area contributed by atoms with Crippen LogP contribution in [0.2, 0.25) is 10.0 Å². The minimum Gasteiger partial charge on any atom is -0.388 e. The van der Waals surface area contributed by atoms with Gasteiger partial charge in [-0.3, -0.25) is 4.98 Å². The molecule has 0 aliphatic rings. The highest BCUT2D eigenvalue weighted by Gasteiger charge is 2.12.